The zero-order valence-corrected chi connectivity index (χ0v) is 12.2. The molecule has 0 amide bonds. The van der Waals surface area contributed by atoms with Gasteiger partial charge in [-0.25, -0.2) is 4.39 Å². The van der Waals surface area contributed by atoms with Gasteiger partial charge in [-0.05, 0) is 35.2 Å². The normalized spacial score (nSPS) is 12.0. The molecule has 2 N–H and O–H groups in total. The van der Waals surface area contributed by atoms with Crippen molar-refractivity contribution >= 4 is 17.6 Å². The minimum absolute atomic E-state index is 0.0873. The lowest BCUT2D eigenvalue weighted by molar-refractivity contribution is -0.142. The SMILES string of the molecule is COC(=O)[C@H](N)Cc1ccc(-c2ccc(F)c(Cl)c2)cc1. The smallest absolute Gasteiger partial charge is 0.322 e. The van der Waals surface area contributed by atoms with Gasteiger partial charge in [-0.15, -0.1) is 0 Å². The number of rotatable bonds is 4. The van der Waals surface area contributed by atoms with E-state index in [0.717, 1.165) is 16.7 Å². The van der Waals surface area contributed by atoms with Crippen LogP contribution in [0.15, 0.2) is 42.5 Å². The third kappa shape index (κ3) is 3.80. The lowest BCUT2D eigenvalue weighted by Crippen LogP contribution is -2.33. The van der Waals surface area contributed by atoms with Crippen molar-refractivity contribution in [3.05, 3.63) is 58.9 Å². The molecule has 0 radical (unpaired) electrons. The maximum atomic E-state index is 13.1. The van der Waals surface area contributed by atoms with Crippen molar-refractivity contribution in [3.63, 3.8) is 0 Å². The molecule has 0 fully saturated rings. The van der Waals surface area contributed by atoms with Crippen molar-refractivity contribution in [2.24, 2.45) is 5.73 Å². The molecule has 2 aromatic rings. The second kappa shape index (κ2) is 6.70. The van der Waals surface area contributed by atoms with E-state index in [4.69, 9.17) is 17.3 Å². The van der Waals surface area contributed by atoms with Crippen LogP contribution in [0.3, 0.4) is 0 Å². The maximum Gasteiger partial charge on any atom is 0.322 e. The molecule has 2 aromatic carbocycles. The fourth-order valence-corrected chi connectivity index (χ4v) is 2.18. The van der Waals surface area contributed by atoms with E-state index in [-0.39, 0.29) is 5.02 Å². The number of halogens is 2. The van der Waals surface area contributed by atoms with Gasteiger partial charge < -0.3 is 10.5 Å². The molecule has 5 heteroatoms. The Hall–Kier alpha value is -1.91. The van der Waals surface area contributed by atoms with Crippen molar-refractivity contribution in [3.8, 4) is 11.1 Å². The zero-order valence-electron chi connectivity index (χ0n) is 11.5. The highest BCUT2D eigenvalue weighted by atomic mass is 35.5. The van der Waals surface area contributed by atoms with Crippen LogP contribution in [0.1, 0.15) is 5.56 Å². The second-order valence-electron chi connectivity index (χ2n) is 4.66. The average Bonchev–Trinajstić information content (AvgIpc) is 2.50. The van der Waals surface area contributed by atoms with Crippen LogP contribution in [0.2, 0.25) is 5.02 Å². The summed E-state index contributed by atoms with van der Waals surface area (Å²) < 4.78 is 17.7. The van der Waals surface area contributed by atoms with Crippen molar-refractivity contribution < 1.29 is 13.9 Å². The Morgan fingerprint density at radius 1 is 1.24 bits per heavy atom. The van der Waals surface area contributed by atoms with Crippen LogP contribution in [0.5, 0.6) is 0 Å². The molecule has 0 aliphatic rings. The quantitative estimate of drug-likeness (QED) is 0.883. The number of methoxy groups -OCH3 is 1. The molecule has 2 rings (SSSR count). The standard InChI is InChI=1S/C16H15ClFNO2/c1-21-16(20)15(19)8-10-2-4-11(5-3-10)12-6-7-14(18)13(17)9-12/h2-7,9,15H,8,19H2,1H3/t15-/m1/s1. The van der Waals surface area contributed by atoms with Crippen LogP contribution in [0.4, 0.5) is 4.39 Å². The topological polar surface area (TPSA) is 52.3 Å². The summed E-state index contributed by atoms with van der Waals surface area (Å²) in [5.74, 6) is -0.884. The Bertz CT molecular complexity index is 643. The molecule has 0 bridgehead atoms. The third-order valence-corrected chi connectivity index (χ3v) is 3.46. The number of nitrogens with two attached hydrogens (primary N) is 1. The van der Waals surface area contributed by atoms with Crippen LogP contribution in [-0.2, 0) is 16.0 Å². The van der Waals surface area contributed by atoms with E-state index in [1.807, 2.05) is 24.3 Å². The third-order valence-electron chi connectivity index (χ3n) is 3.17. The van der Waals surface area contributed by atoms with Crippen molar-refractivity contribution in [2.75, 3.05) is 7.11 Å². The number of carbonyl (C=O) groups excluding carboxylic acids is 1. The molecule has 0 unspecified atom stereocenters. The highest BCUT2D eigenvalue weighted by Gasteiger charge is 2.14. The highest BCUT2D eigenvalue weighted by molar-refractivity contribution is 6.31. The Kier molecular flexibility index (Phi) is 4.94. The molecule has 21 heavy (non-hydrogen) atoms. The van der Waals surface area contributed by atoms with Crippen LogP contribution >= 0.6 is 11.6 Å². The summed E-state index contributed by atoms with van der Waals surface area (Å²) in [6, 6.07) is 11.4. The predicted octanol–water partition coefficient (Wildman–Crippen LogP) is 3.19. The molecule has 0 spiro atoms. The molecule has 0 heterocycles. The molecule has 0 aliphatic heterocycles. The summed E-state index contributed by atoms with van der Waals surface area (Å²) in [6.07, 6.45) is 0.400. The first-order chi connectivity index (χ1) is 10.0. The molecular weight excluding hydrogens is 293 g/mol. The minimum atomic E-state index is -0.680. The van der Waals surface area contributed by atoms with Gasteiger partial charge in [0.2, 0.25) is 0 Å². The van der Waals surface area contributed by atoms with Crippen molar-refractivity contribution in [1.82, 2.24) is 0 Å². The van der Waals surface area contributed by atoms with E-state index in [1.54, 1.807) is 12.1 Å². The van der Waals surface area contributed by atoms with Crippen LogP contribution < -0.4 is 5.73 Å². The first-order valence-electron chi connectivity index (χ1n) is 6.39. The van der Waals surface area contributed by atoms with Gasteiger partial charge in [0.25, 0.3) is 0 Å². The average molecular weight is 308 g/mol. The van der Waals surface area contributed by atoms with Gasteiger partial charge in [-0.2, -0.15) is 0 Å². The monoisotopic (exact) mass is 307 g/mol. The molecule has 0 saturated heterocycles. The maximum absolute atomic E-state index is 13.1. The van der Waals surface area contributed by atoms with Gasteiger partial charge in [-0.3, -0.25) is 4.79 Å². The van der Waals surface area contributed by atoms with Crippen LogP contribution in [0, 0.1) is 5.82 Å². The number of carbonyl (C=O) groups is 1. The van der Waals surface area contributed by atoms with E-state index in [0.29, 0.717) is 6.42 Å². The minimum Gasteiger partial charge on any atom is -0.468 e. The summed E-state index contributed by atoms with van der Waals surface area (Å²) >= 11 is 5.77. The molecule has 0 aromatic heterocycles. The number of esters is 1. The molecule has 0 saturated carbocycles. The lowest BCUT2D eigenvalue weighted by Gasteiger charge is -2.10. The molecule has 1 atom stereocenters. The number of hydrogen-bond acceptors (Lipinski definition) is 3. The fourth-order valence-electron chi connectivity index (χ4n) is 2.00. The number of hydrogen-bond donors (Lipinski definition) is 1. The summed E-state index contributed by atoms with van der Waals surface area (Å²) in [5, 5.41) is 0.0873. The van der Waals surface area contributed by atoms with Gasteiger partial charge in [0, 0.05) is 0 Å². The fraction of sp³-hybridized carbons (Fsp3) is 0.188. The summed E-state index contributed by atoms with van der Waals surface area (Å²) in [4.78, 5) is 11.3. The highest BCUT2D eigenvalue weighted by Crippen LogP contribution is 2.25. The molecule has 3 nitrogen and oxygen atoms in total. The van der Waals surface area contributed by atoms with Crippen LogP contribution in [-0.4, -0.2) is 19.1 Å². The van der Waals surface area contributed by atoms with E-state index in [9.17, 15) is 9.18 Å². The first-order valence-corrected chi connectivity index (χ1v) is 6.77. The molecular formula is C16H15ClFNO2. The van der Waals surface area contributed by atoms with Crippen molar-refractivity contribution in [1.29, 1.82) is 0 Å². The van der Waals surface area contributed by atoms with Gasteiger partial charge in [0.1, 0.15) is 11.9 Å². The lowest BCUT2D eigenvalue weighted by atomic mass is 10.0. The Labute approximate surface area is 127 Å². The Balaban J connectivity index is 2.15. The van der Waals surface area contributed by atoms with E-state index in [2.05, 4.69) is 4.74 Å². The van der Waals surface area contributed by atoms with E-state index < -0.39 is 17.8 Å². The Morgan fingerprint density at radius 2 is 1.86 bits per heavy atom. The van der Waals surface area contributed by atoms with E-state index >= 15 is 0 Å². The summed E-state index contributed by atoms with van der Waals surface area (Å²) in [6.45, 7) is 0. The number of ether oxygens (including phenoxy) is 1. The van der Waals surface area contributed by atoms with Gasteiger partial charge >= 0.3 is 5.97 Å². The van der Waals surface area contributed by atoms with Gasteiger partial charge in [0.15, 0.2) is 0 Å². The largest absolute Gasteiger partial charge is 0.468 e. The second-order valence-corrected chi connectivity index (χ2v) is 5.07. The molecule has 110 valence electrons. The van der Waals surface area contributed by atoms with Crippen LogP contribution in [0.25, 0.3) is 11.1 Å². The zero-order chi connectivity index (χ0) is 15.4. The Morgan fingerprint density at radius 3 is 2.43 bits per heavy atom. The summed E-state index contributed by atoms with van der Waals surface area (Å²) in [5.41, 5.74) is 8.37. The van der Waals surface area contributed by atoms with Crippen molar-refractivity contribution in [2.45, 2.75) is 12.5 Å². The first kappa shape index (κ1) is 15.5. The van der Waals surface area contributed by atoms with Gasteiger partial charge in [0.05, 0.1) is 12.1 Å². The van der Waals surface area contributed by atoms with E-state index in [1.165, 1.54) is 13.2 Å². The summed E-state index contributed by atoms with van der Waals surface area (Å²) in [7, 11) is 1.31. The molecule has 0 aliphatic carbocycles. The number of benzene rings is 2. The predicted molar refractivity (Wildman–Crippen MR) is 80.5 cm³/mol. The van der Waals surface area contributed by atoms with Gasteiger partial charge in [-0.1, -0.05) is 41.9 Å².